The Balaban J connectivity index is 1.34. The SMILES string of the molecule is Cn1cc(C(=O)CCN2CCN(c3cccc(Cl)c3)CC2)c2ccccc21. The highest BCUT2D eigenvalue weighted by atomic mass is 35.5. The number of piperazine rings is 1. The average Bonchev–Trinajstić information content (AvgIpc) is 3.04. The van der Waals surface area contributed by atoms with E-state index in [1.54, 1.807) is 0 Å². The van der Waals surface area contributed by atoms with E-state index in [0.29, 0.717) is 6.42 Å². The molecule has 1 aromatic heterocycles. The Morgan fingerprint density at radius 2 is 1.81 bits per heavy atom. The van der Waals surface area contributed by atoms with Gasteiger partial charge in [-0.25, -0.2) is 0 Å². The zero-order valence-corrected chi connectivity index (χ0v) is 16.3. The number of hydrogen-bond donors (Lipinski definition) is 0. The molecule has 0 unspecified atom stereocenters. The maximum absolute atomic E-state index is 12.8. The van der Waals surface area contributed by atoms with Gasteiger partial charge in [-0.2, -0.15) is 0 Å². The Kier molecular flexibility index (Phi) is 5.19. The topological polar surface area (TPSA) is 28.5 Å². The molecule has 2 aromatic carbocycles. The molecule has 0 bridgehead atoms. The number of fused-ring (bicyclic) bond motifs is 1. The highest BCUT2D eigenvalue weighted by molar-refractivity contribution is 6.30. The number of rotatable bonds is 5. The predicted molar refractivity (Wildman–Crippen MR) is 112 cm³/mol. The minimum absolute atomic E-state index is 0.226. The van der Waals surface area contributed by atoms with E-state index in [0.717, 1.165) is 54.2 Å². The number of para-hydroxylation sites is 1. The first-order chi connectivity index (χ1) is 13.1. The average molecular weight is 382 g/mol. The molecule has 27 heavy (non-hydrogen) atoms. The number of nitrogens with zero attached hydrogens (tertiary/aromatic N) is 3. The summed E-state index contributed by atoms with van der Waals surface area (Å²) in [6, 6.07) is 16.1. The van der Waals surface area contributed by atoms with E-state index in [2.05, 4.69) is 21.9 Å². The van der Waals surface area contributed by atoms with E-state index in [9.17, 15) is 4.79 Å². The summed E-state index contributed by atoms with van der Waals surface area (Å²) in [5, 5.41) is 1.83. The Labute approximate surface area is 164 Å². The van der Waals surface area contributed by atoms with Crippen molar-refractivity contribution in [2.24, 2.45) is 7.05 Å². The molecule has 1 fully saturated rings. The second kappa shape index (κ2) is 7.75. The monoisotopic (exact) mass is 381 g/mol. The number of aryl methyl sites for hydroxylation is 1. The van der Waals surface area contributed by atoms with Crippen LogP contribution in [0.5, 0.6) is 0 Å². The summed E-state index contributed by atoms with van der Waals surface area (Å²) in [5.74, 6) is 0.226. The van der Waals surface area contributed by atoms with Gasteiger partial charge < -0.3 is 9.47 Å². The minimum Gasteiger partial charge on any atom is -0.369 e. The van der Waals surface area contributed by atoms with Crippen LogP contribution in [0.2, 0.25) is 5.02 Å². The van der Waals surface area contributed by atoms with Crippen molar-refractivity contribution >= 4 is 34.0 Å². The standard InChI is InChI=1S/C22H24ClN3O/c1-24-16-20(19-7-2-3-8-21(19)24)22(27)9-10-25-11-13-26(14-12-25)18-6-4-5-17(23)15-18/h2-8,15-16H,9-14H2,1H3. The van der Waals surface area contributed by atoms with Crippen LogP contribution >= 0.6 is 11.6 Å². The number of halogens is 1. The lowest BCUT2D eigenvalue weighted by atomic mass is 10.1. The van der Waals surface area contributed by atoms with Gasteiger partial charge in [-0.05, 0) is 24.3 Å². The van der Waals surface area contributed by atoms with Crippen molar-refractivity contribution in [1.82, 2.24) is 9.47 Å². The number of ketones is 1. The van der Waals surface area contributed by atoms with Crippen molar-refractivity contribution in [2.45, 2.75) is 6.42 Å². The van der Waals surface area contributed by atoms with Gasteiger partial charge in [0.15, 0.2) is 5.78 Å². The highest BCUT2D eigenvalue weighted by Crippen LogP contribution is 2.23. The zero-order valence-electron chi connectivity index (χ0n) is 15.6. The third-order valence-electron chi connectivity index (χ3n) is 5.40. The zero-order chi connectivity index (χ0) is 18.8. The molecular formula is C22H24ClN3O. The molecule has 1 aliphatic heterocycles. The first-order valence-corrected chi connectivity index (χ1v) is 9.80. The number of anilines is 1. The fourth-order valence-corrected chi connectivity index (χ4v) is 4.05. The van der Waals surface area contributed by atoms with E-state index >= 15 is 0 Å². The lowest BCUT2D eigenvalue weighted by molar-refractivity contribution is 0.0964. The fraction of sp³-hybridized carbons (Fsp3) is 0.318. The molecule has 1 aliphatic rings. The smallest absolute Gasteiger partial charge is 0.166 e. The summed E-state index contributed by atoms with van der Waals surface area (Å²) in [6.45, 7) is 4.67. The summed E-state index contributed by atoms with van der Waals surface area (Å²) < 4.78 is 2.03. The van der Waals surface area contributed by atoms with E-state index in [1.165, 1.54) is 5.69 Å². The maximum atomic E-state index is 12.8. The molecule has 0 spiro atoms. The van der Waals surface area contributed by atoms with Gasteiger partial charge in [-0.1, -0.05) is 35.9 Å². The van der Waals surface area contributed by atoms with Crippen molar-refractivity contribution in [2.75, 3.05) is 37.6 Å². The lowest BCUT2D eigenvalue weighted by Crippen LogP contribution is -2.46. The van der Waals surface area contributed by atoms with Gasteiger partial charge in [0.1, 0.15) is 0 Å². The quantitative estimate of drug-likeness (QED) is 0.619. The van der Waals surface area contributed by atoms with Gasteiger partial charge in [0.25, 0.3) is 0 Å². The van der Waals surface area contributed by atoms with Crippen LogP contribution in [0.15, 0.2) is 54.7 Å². The second-order valence-corrected chi connectivity index (χ2v) is 7.59. The molecule has 0 saturated carbocycles. The Hall–Kier alpha value is -2.30. The van der Waals surface area contributed by atoms with Crippen LogP contribution in [0.4, 0.5) is 5.69 Å². The summed E-state index contributed by atoms with van der Waals surface area (Å²) in [7, 11) is 1.99. The highest BCUT2D eigenvalue weighted by Gasteiger charge is 2.19. The van der Waals surface area contributed by atoms with Gasteiger partial charge in [-0.3, -0.25) is 9.69 Å². The first-order valence-electron chi connectivity index (χ1n) is 9.42. The lowest BCUT2D eigenvalue weighted by Gasteiger charge is -2.36. The van der Waals surface area contributed by atoms with E-state index in [4.69, 9.17) is 11.6 Å². The van der Waals surface area contributed by atoms with Gasteiger partial charge in [0.05, 0.1) is 0 Å². The van der Waals surface area contributed by atoms with Gasteiger partial charge in [-0.15, -0.1) is 0 Å². The number of carbonyl (C=O) groups is 1. The van der Waals surface area contributed by atoms with Crippen LogP contribution in [0.1, 0.15) is 16.8 Å². The Morgan fingerprint density at radius 3 is 2.59 bits per heavy atom. The van der Waals surface area contributed by atoms with E-state index in [1.807, 2.05) is 54.2 Å². The van der Waals surface area contributed by atoms with Crippen LogP contribution in [-0.2, 0) is 7.05 Å². The Morgan fingerprint density at radius 1 is 1.04 bits per heavy atom. The Bertz CT molecular complexity index is 957. The summed E-state index contributed by atoms with van der Waals surface area (Å²) in [4.78, 5) is 17.5. The molecule has 5 heteroatoms. The van der Waals surface area contributed by atoms with Crippen molar-refractivity contribution in [3.63, 3.8) is 0 Å². The molecule has 0 N–H and O–H groups in total. The molecule has 0 radical (unpaired) electrons. The molecular weight excluding hydrogens is 358 g/mol. The van der Waals surface area contributed by atoms with E-state index in [-0.39, 0.29) is 5.78 Å². The number of Topliss-reactive ketones (excluding diaryl/α,β-unsaturated/α-hetero) is 1. The molecule has 0 atom stereocenters. The molecule has 3 aromatic rings. The minimum atomic E-state index is 0.226. The summed E-state index contributed by atoms with van der Waals surface area (Å²) in [6.07, 6.45) is 2.52. The van der Waals surface area contributed by atoms with Crippen LogP contribution < -0.4 is 4.90 Å². The van der Waals surface area contributed by atoms with Gasteiger partial charge in [0, 0.05) is 79.6 Å². The van der Waals surface area contributed by atoms with Gasteiger partial charge in [0.2, 0.25) is 0 Å². The molecule has 1 saturated heterocycles. The van der Waals surface area contributed by atoms with Crippen LogP contribution in [0, 0.1) is 0 Å². The van der Waals surface area contributed by atoms with Crippen molar-refractivity contribution in [1.29, 1.82) is 0 Å². The van der Waals surface area contributed by atoms with E-state index < -0.39 is 0 Å². The third kappa shape index (κ3) is 3.87. The maximum Gasteiger partial charge on any atom is 0.166 e. The first kappa shape index (κ1) is 18.1. The predicted octanol–water partition coefficient (Wildman–Crippen LogP) is 4.23. The molecule has 4 rings (SSSR count). The molecule has 0 amide bonds. The summed E-state index contributed by atoms with van der Waals surface area (Å²) in [5.41, 5.74) is 3.12. The number of aromatic nitrogens is 1. The molecule has 140 valence electrons. The molecule has 0 aliphatic carbocycles. The number of benzene rings is 2. The van der Waals surface area contributed by atoms with Crippen molar-refractivity contribution in [3.05, 3.63) is 65.3 Å². The van der Waals surface area contributed by atoms with Gasteiger partial charge >= 0.3 is 0 Å². The normalized spacial score (nSPS) is 15.4. The summed E-state index contributed by atoms with van der Waals surface area (Å²) >= 11 is 6.10. The van der Waals surface area contributed by atoms with Crippen LogP contribution in [0.25, 0.3) is 10.9 Å². The van der Waals surface area contributed by atoms with Crippen molar-refractivity contribution in [3.8, 4) is 0 Å². The van der Waals surface area contributed by atoms with Crippen molar-refractivity contribution < 1.29 is 4.79 Å². The van der Waals surface area contributed by atoms with Crippen LogP contribution in [0.3, 0.4) is 0 Å². The number of carbonyl (C=O) groups excluding carboxylic acids is 1. The van der Waals surface area contributed by atoms with Crippen LogP contribution in [-0.4, -0.2) is 48.0 Å². The third-order valence-corrected chi connectivity index (χ3v) is 5.63. The fourth-order valence-electron chi connectivity index (χ4n) is 3.86. The molecule has 2 heterocycles. The second-order valence-electron chi connectivity index (χ2n) is 7.15. The number of hydrogen-bond acceptors (Lipinski definition) is 3. The molecule has 4 nitrogen and oxygen atoms in total. The largest absolute Gasteiger partial charge is 0.369 e.